The predicted octanol–water partition coefficient (Wildman–Crippen LogP) is 14.3. The van der Waals surface area contributed by atoms with Crippen LogP contribution in [0.4, 0.5) is 5.69 Å². The van der Waals surface area contributed by atoms with Crippen molar-refractivity contribution in [2.75, 3.05) is 18.5 Å². The first-order valence-electron chi connectivity index (χ1n) is 26.0. The quantitative estimate of drug-likeness (QED) is 0.0549. The molecular formula is C62H64BrN8O4Si2+. The number of hydrogen-bond acceptors (Lipinski definition) is 10. The van der Waals surface area contributed by atoms with E-state index in [-0.39, 0.29) is 0 Å². The zero-order chi connectivity index (χ0) is 53.5. The highest BCUT2D eigenvalue weighted by Gasteiger charge is 2.17. The van der Waals surface area contributed by atoms with Crippen molar-refractivity contribution in [2.45, 2.75) is 77.9 Å². The molecule has 12 rings (SSSR count). The Morgan fingerprint density at radius 3 is 1.79 bits per heavy atom. The van der Waals surface area contributed by atoms with Crippen LogP contribution in [0.25, 0.3) is 81.6 Å². The highest BCUT2D eigenvalue weighted by molar-refractivity contribution is 9.15. The Morgan fingerprint density at radius 2 is 1.19 bits per heavy atom. The normalized spacial score (nSPS) is 12.3. The summed E-state index contributed by atoms with van der Waals surface area (Å²) in [6.45, 7) is 18.1. The number of anilines is 1. The van der Waals surface area contributed by atoms with E-state index in [0.29, 0.717) is 26.6 Å². The summed E-state index contributed by atoms with van der Waals surface area (Å²) in [5, 5.41) is 12.4. The van der Waals surface area contributed by atoms with Gasteiger partial charge in [-0.15, -0.1) is 0 Å². The van der Waals surface area contributed by atoms with Gasteiger partial charge < -0.3 is 33.9 Å². The van der Waals surface area contributed by atoms with Gasteiger partial charge in [0.05, 0.1) is 0 Å². The molecule has 12 nitrogen and oxygen atoms in total. The summed E-state index contributed by atoms with van der Waals surface area (Å²) in [5.41, 5.74) is 14.7. The molecule has 0 amide bonds. The van der Waals surface area contributed by atoms with E-state index in [0.717, 1.165) is 123 Å². The van der Waals surface area contributed by atoms with Crippen LogP contribution in [-0.2, 0) is 36.0 Å². The van der Waals surface area contributed by atoms with Gasteiger partial charge in [0, 0.05) is 146 Å². The third kappa shape index (κ3) is 12.9. The fourth-order valence-corrected chi connectivity index (χ4v) is 10.9. The highest BCUT2D eigenvalue weighted by atomic mass is 79.9. The van der Waals surface area contributed by atoms with Gasteiger partial charge in [0.25, 0.3) is 5.49 Å². The van der Waals surface area contributed by atoms with E-state index in [1.165, 1.54) is 11.6 Å². The first-order chi connectivity index (χ1) is 37.3. The second-order valence-corrected chi connectivity index (χ2v) is 33.8. The van der Waals surface area contributed by atoms with Crippen LogP contribution in [0, 0.1) is 6.20 Å². The summed E-state index contributed by atoms with van der Waals surface area (Å²) in [7, 11) is -2.11. The van der Waals surface area contributed by atoms with Gasteiger partial charge in [-0.3, -0.25) is 14.5 Å². The standard InChI is InChI=1S/C31H32N4O2Si.C18H14N2O.C13H18BrN2OSi/c1-38(2,3)15-14-36-21-35-13-11-25-28(10-12-33-31(25)35)34-18-22-8-9-24-19-32-20-27(26(24)16-22)30-17-23-6-4-5-7-29(23)37-30;19-9-12-5-6-14-10-20-11-16(15(14)7-12)18-8-13-3-1-2-4-17(13)21-18;1-18(2,3)9-8-17-10-16-7-5-11-12(14)4-6-15-13(11)16/h4-13,16-17,19-20H,14-15,18,21H2,1-3H3,(H,33,34);1-8,10-11H,9,19H2;4-5,7H,8-10H2,1-3H3/q;;+1. The molecule has 77 heavy (non-hydrogen) atoms. The average molecular weight is 1120 g/mol. The van der Waals surface area contributed by atoms with Crippen molar-refractivity contribution in [3.8, 4) is 22.6 Å². The SMILES string of the molecule is C[Si](C)(C)CCOCn1ccc2c(NCc3ccc4cncc(-c5cc6ccccc6o5)c4c3)ccnc21.C[Si](C)(C)CCOCn1ccc2c1=N[C+]=CC=2Br.NCc1ccc2cncc(-c3cc4ccccc4o3)c2c1. The van der Waals surface area contributed by atoms with Crippen molar-refractivity contribution in [1.29, 1.82) is 0 Å². The molecule has 8 heterocycles. The molecule has 11 aromatic rings. The number of para-hydroxylation sites is 2. The van der Waals surface area contributed by atoms with Crippen LogP contribution >= 0.6 is 15.9 Å². The van der Waals surface area contributed by atoms with E-state index in [2.05, 4.69) is 152 Å². The summed E-state index contributed by atoms with van der Waals surface area (Å²) >= 11 is 3.50. The largest absolute Gasteiger partial charge is 0.456 e. The number of ether oxygens (including phenoxy) is 2. The molecule has 7 aromatic heterocycles. The topological polar surface area (TPSA) is 144 Å². The molecule has 3 N–H and O–H groups in total. The monoisotopic (exact) mass is 1120 g/mol. The first-order valence-corrected chi connectivity index (χ1v) is 34.2. The zero-order valence-corrected chi connectivity index (χ0v) is 48.1. The third-order valence-electron chi connectivity index (χ3n) is 13.4. The van der Waals surface area contributed by atoms with Crippen LogP contribution in [-0.4, -0.2) is 53.4 Å². The first kappa shape index (κ1) is 53.1. The summed E-state index contributed by atoms with van der Waals surface area (Å²) < 4.78 is 28.9. The molecule has 4 aromatic carbocycles. The minimum Gasteiger partial charge on any atom is -0.456 e. The number of halogens is 1. The minimum atomic E-state index is -1.10. The molecule has 0 atom stereocenters. The maximum Gasteiger partial charge on any atom is 0.261 e. The van der Waals surface area contributed by atoms with Gasteiger partial charge in [-0.1, -0.05) is 99.9 Å². The van der Waals surface area contributed by atoms with Crippen LogP contribution in [0.3, 0.4) is 0 Å². The molecule has 0 aliphatic carbocycles. The summed E-state index contributed by atoms with van der Waals surface area (Å²) in [5.74, 6) is 1.67. The number of allylic oxidation sites excluding steroid dienone is 1. The highest BCUT2D eigenvalue weighted by Crippen LogP contribution is 2.35. The van der Waals surface area contributed by atoms with Crippen LogP contribution in [0.5, 0.6) is 0 Å². The minimum absolute atomic E-state index is 0.522. The molecule has 1 aliphatic rings. The number of fused-ring (bicyclic) bond motifs is 6. The fourth-order valence-electron chi connectivity index (χ4n) is 9.02. The van der Waals surface area contributed by atoms with Gasteiger partial charge in [-0.2, -0.15) is 0 Å². The van der Waals surface area contributed by atoms with E-state index in [9.17, 15) is 0 Å². The molecule has 15 heteroatoms. The summed E-state index contributed by atoms with van der Waals surface area (Å²) in [6, 6.07) is 41.5. The second-order valence-electron chi connectivity index (χ2n) is 21.7. The molecule has 0 unspecified atom stereocenters. The third-order valence-corrected chi connectivity index (χ3v) is 17.5. The lowest BCUT2D eigenvalue weighted by molar-refractivity contribution is 0.0848. The maximum absolute atomic E-state index is 6.16. The fraction of sp³-hybridized carbons (Fsp3) is 0.226. The van der Waals surface area contributed by atoms with Crippen LogP contribution < -0.4 is 21.8 Å². The second kappa shape index (κ2) is 23.5. The predicted molar refractivity (Wildman–Crippen MR) is 322 cm³/mol. The van der Waals surface area contributed by atoms with Crippen molar-refractivity contribution in [3.05, 3.63) is 193 Å². The number of rotatable bonds is 16. The summed E-state index contributed by atoms with van der Waals surface area (Å²) in [4.78, 5) is 17.7. The Bertz CT molecular complexity index is 3950. The van der Waals surface area contributed by atoms with E-state index in [1.807, 2.05) is 108 Å². The number of nitrogens with one attached hydrogen (secondary N) is 1. The van der Waals surface area contributed by atoms with E-state index in [4.69, 9.17) is 24.0 Å². The molecule has 0 bridgehead atoms. The number of nitrogens with zero attached hydrogens (tertiary/aromatic N) is 6. The van der Waals surface area contributed by atoms with Crippen molar-refractivity contribution < 1.29 is 18.3 Å². The van der Waals surface area contributed by atoms with Crippen LogP contribution in [0.15, 0.2) is 179 Å². The Balaban J connectivity index is 0.000000145. The molecule has 0 spiro atoms. The zero-order valence-electron chi connectivity index (χ0n) is 44.5. The Labute approximate surface area is 459 Å². The molecule has 0 saturated carbocycles. The van der Waals surface area contributed by atoms with E-state index >= 15 is 0 Å². The lowest BCUT2D eigenvalue weighted by Gasteiger charge is -2.15. The van der Waals surface area contributed by atoms with Gasteiger partial charge in [0.1, 0.15) is 57.6 Å². The Kier molecular flexibility index (Phi) is 16.2. The van der Waals surface area contributed by atoms with Crippen molar-refractivity contribution >= 4 is 96.8 Å². The Hall–Kier alpha value is -7.34. The number of benzene rings is 4. The van der Waals surface area contributed by atoms with Gasteiger partial charge in [-0.25, -0.2) is 4.98 Å². The van der Waals surface area contributed by atoms with E-state index < -0.39 is 16.1 Å². The van der Waals surface area contributed by atoms with Crippen molar-refractivity contribution in [2.24, 2.45) is 10.7 Å². The Morgan fingerprint density at radius 1 is 0.623 bits per heavy atom. The average Bonchev–Trinajstić information content (AvgIpc) is 4.31. The molecular weight excluding hydrogens is 1060 g/mol. The molecule has 1 aliphatic heterocycles. The van der Waals surface area contributed by atoms with E-state index in [1.54, 1.807) is 0 Å². The molecule has 390 valence electrons. The van der Waals surface area contributed by atoms with Gasteiger partial charge in [0.15, 0.2) is 6.20 Å². The van der Waals surface area contributed by atoms with Crippen molar-refractivity contribution in [1.82, 2.24) is 24.1 Å². The van der Waals surface area contributed by atoms with Crippen LogP contribution in [0.1, 0.15) is 11.1 Å². The lowest BCUT2D eigenvalue weighted by Crippen LogP contribution is -2.32. The number of furan rings is 2. The smallest absolute Gasteiger partial charge is 0.261 e. The number of hydrogen-bond donors (Lipinski definition) is 2. The number of nitrogens with two attached hydrogens (primary N) is 1. The van der Waals surface area contributed by atoms with Crippen molar-refractivity contribution in [3.63, 3.8) is 0 Å². The molecule has 0 radical (unpaired) electrons. The van der Waals surface area contributed by atoms with Gasteiger partial charge in [0.2, 0.25) is 0 Å². The number of aromatic nitrogens is 5. The van der Waals surface area contributed by atoms with Gasteiger partial charge >= 0.3 is 0 Å². The van der Waals surface area contributed by atoms with Gasteiger partial charge in [-0.05, 0) is 93.6 Å². The number of pyridine rings is 3. The van der Waals surface area contributed by atoms with Crippen LogP contribution in [0.2, 0.25) is 51.4 Å². The lowest BCUT2D eigenvalue weighted by atomic mass is 10.0. The maximum atomic E-state index is 6.16. The summed E-state index contributed by atoms with van der Waals surface area (Å²) in [6.07, 6.45) is 18.1. The molecule has 0 saturated heterocycles. The molecule has 0 fully saturated rings.